The number of quaternary nitrogens is 1. The number of nitrogens with zero attached hydrogens (tertiary/aromatic N) is 9. The van der Waals surface area contributed by atoms with Crippen LogP contribution in [-0.2, 0) is 0 Å². The molecule has 0 aliphatic carbocycles. The maximum Gasteiger partial charge on any atom is 0.191 e. The lowest BCUT2D eigenvalue weighted by atomic mass is 10.4. The molecule has 6 aromatic rings. The molecule has 0 fully saturated rings. The summed E-state index contributed by atoms with van der Waals surface area (Å²) < 4.78 is 10.4. The van der Waals surface area contributed by atoms with Gasteiger partial charge in [0.15, 0.2) is 77.4 Å². The van der Waals surface area contributed by atoms with Crippen LogP contribution in [0.2, 0.25) is 0 Å². The number of fused-ring (bicyclic) bond motifs is 2. The Morgan fingerprint density at radius 3 is 0.854 bits per heavy atom. The van der Waals surface area contributed by atoms with Gasteiger partial charge in [0.1, 0.15) is 0 Å². The molecule has 0 saturated carbocycles. The average molecular weight is 647 g/mol. The third kappa shape index (κ3) is 4.06. The van der Waals surface area contributed by atoms with Crippen molar-refractivity contribution in [1.29, 1.82) is 0 Å². The topological polar surface area (TPSA) is 71.3 Å². The van der Waals surface area contributed by atoms with Gasteiger partial charge in [-0.15, -0.1) is 0 Å². The molecule has 1 spiro atoms. The van der Waals surface area contributed by atoms with Gasteiger partial charge in [0.2, 0.25) is 0 Å². The molecular formula is C26H16N9S6+. The zero-order valence-electron chi connectivity index (χ0n) is 20.7. The van der Waals surface area contributed by atoms with Crippen molar-refractivity contribution in [3.8, 4) is 22.7 Å². The van der Waals surface area contributed by atoms with Crippen molar-refractivity contribution >= 4 is 72.2 Å². The average Bonchev–Trinajstić information content (AvgIpc) is 3.69. The van der Waals surface area contributed by atoms with Crippen molar-refractivity contribution in [3.63, 3.8) is 0 Å². The SMILES string of the molecule is S=c1n(-c2ccncc2)c2c(n1-c1ccncc1)S[N+]1(S2)Sc2c(n(-c3ccncc3)c(=S)n2-c2ccncc2)S1. The molecule has 0 aromatic carbocycles. The highest BCUT2D eigenvalue weighted by molar-refractivity contribution is 8.31. The Morgan fingerprint density at radius 1 is 0.415 bits per heavy atom. The second-order valence-corrected chi connectivity index (χ2v) is 15.3. The summed E-state index contributed by atoms with van der Waals surface area (Å²) in [6.45, 7) is 0. The molecule has 2 aliphatic heterocycles. The van der Waals surface area contributed by atoms with Gasteiger partial charge >= 0.3 is 0 Å². The minimum atomic E-state index is 0.521. The lowest BCUT2D eigenvalue weighted by molar-refractivity contribution is -0.268. The van der Waals surface area contributed by atoms with Crippen LogP contribution in [0.15, 0.2) is 118 Å². The maximum atomic E-state index is 6.07. The fourth-order valence-corrected chi connectivity index (χ4v) is 12.2. The van der Waals surface area contributed by atoms with Gasteiger partial charge in [-0.3, -0.25) is 38.2 Å². The first-order valence-corrected chi connectivity index (χ1v) is 16.1. The van der Waals surface area contributed by atoms with E-state index in [0.29, 0.717) is 11.6 Å². The van der Waals surface area contributed by atoms with Crippen LogP contribution in [-0.4, -0.2) is 40.3 Å². The van der Waals surface area contributed by atoms with E-state index < -0.39 is 0 Å². The number of aromatic nitrogens is 8. The summed E-state index contributed by atoms with van der Waals surface area (Å²) in [5, 5.41) is 4.27. The van der Waals surface area contributed by atoms with E-state index in [-0.39, 0.29) is 0 Å². The second-order valence-electron chi connectivity index (χ2n) is 8.76. The van der Waals surface area contributed by atoms with Crippen LogP contribution in [0.3, 0.4) is 0 Å². The van der Waals surface area contributed by atoms with Crippen molar-refractivity contribution in [2.45, 2.75) is 20.1 Å². The number of hydrogen-bond acceptors (Lipinski definition) is 10. The molecule has 0 atom stereocenters. The lowest BCUT2D eigenvalue weighted by Crippen LogP contribution is -2.12. The Balaban J connectivity index is 1.30. The Morgan fingerprint density at radius 2 is 0.634 bits per heavy atom. The molecule has 41 heavy (non-hydrogen) atoms. The minimum absolute atomic E-state index is 0.521. The standard InChI is InChI=1S/C26H16N9S6/c36-25-31(17-1-9-27-10-2-17)21-22(32(25)18-3-11-28-12-4-18)39-35(38-21)40-23-24(41-35)34(20-7-15-30-16-8-20)26(37)33(23)19-5-13-29-14-6-19/h1-16H/q+1. The summed E-state index contributed by atoms with van der Waals surface area (Å²) in [6.07, 6.45) is 14.3. The van der Waals surface area contributed by atoms with Gasteiger partial charge in [0.25, 0.3) is 0 Å². The van der Waals surface area contributed by atoms with E-state index in [1.165, 1.54) is 0 Å². The number of imidazole rings is 2. The smallest absolute Gasteiger partial charge is 0.191 e. The summed E-state index contributed by atoms with van der Waals surface area (Å²) in [5.41, 5.74) is 3.87. The van der Waals surface area contributed by atoms with Gasteiger partial charge in [-0.2, -0.15) is 0 Å². The summed E-state index contributed by atoms with van der Waals surface area (Å²) in [7, 11) is 0. The fraction of sp³-hybridized carbons (Fsp3) is 0. The van der Waals surface area contributed by atoms with Gasteiger partial charge in [0.05, 0.1) is 22.7 Å². The van der Waals surface area contributed by atoms with Crippen molar-refractivity contribution in [3.05, 3.63) is 108 Å². The minimum Gasteiger partial charge on any atom is -0.274 e. The monoisotopic (exact) mass is 646 g/mol. The Hall–Kier alpha value is -3.18. The van der Waals surface area contributed by atoms with Gasteiger partial charge in [-0.1, -0.05) is 2.10 Å². The number of rotatable bonds is 4. The van der Waals surface area contributed by atoms with E-state index in [0.717, 1.165) is 42.9 Å². The molecule has 0 bridgehead atoms. The van der Waals surface area contributed by atoms with Crippen LogP contribution in [0.4, 0.5) is 0 Å². The molecule has 6 aromatic heterocycles. The van der Waals surface area contributed by atoms with Gasteiger partial charge in [-0.25, -0.2) is 0 Å². The van der Waals surface area contributed by atoms with Gasteiger partial charge in [-0.05, 0) is 73.0 Å². The van der Waals surface area contributed by atoms with Crippen molar-refractivity contribution in [2.75, 3.05) is 0 Å². The molecule has 0 unspecified atom stereocenters. The van der Waals surface area contributed by atoms with Crippen LogP contribution in [0.5, 0.6) is 0 Å². The normalized spacial score (nSPS) is 14.8. The molecule has 2 aliphatic rings. The molecule has 0 N–H and O–H groups in total. The largest absolute Gasteiger partial charge is 0.274 e. The quantitative estimate of drug-likeness (QED) is 0.110. The zero-order valence-corrected chi connectivity index (χ0v) is 25.6. The summed E-state index contributed by atoms with van der Waals surface area (Å²) in [5.74, 6) is 0. The van der Waals surface area contributed by atoms with E-state index in [1.54, 1.807) is 97.4 Å². The van der Waals surface area contributed by atoms with E-state index in [2.05, 4.69) is 38.2 Å². The first-order chi connectivity index (χ1) is 20.1. The van der Waals surface area contributed by atoms with Crippen molar-refractivity contribution in [2.24, 2.45) is 0 Å². The van der Waals surface area contributed by atoms with Gasteiger partial charge < -0.3 is 0 Å². The van der Waals surface area contributed by atoms with E-state index >= 15 is 0 Å². The third-order valence-corrected chi connectivity index (χ3v) is 13.2. The Kier molecular flexibility index (Phi) is 6.21. The van der Waals surface area contributed by atoms with Crippen LogP contribution < -0.4 is 0 Å². The van der Waals surface area contributed by atoms with Crippen LogP contribution in [0.25, 0.3) is 22.7 Å². The summed E-state index contributed by atoms with van der Waals surface area (Å²) in [6, 6.07) is 15.9. The lowest BCUT2D eigenvalue weighted by Gasteiger charge is -2.18. The highest BCUT2D eigenvalue weighted by atomic mass is 32.3. The van der Waals surface area contributed by atoms with E-state index in [1.807, 2.05) is 48.5 Å². The van der Waals surface area contributed by atoms with E-state index in [4.69, 9.17) is 24.4 Å². The van der Waals surface area contributed by atoms with Crippen molar-refractivity contribution < 1.29 is 2.10 Å². The molecule has 8 heterocycles. The molecule has 0 saturated heterocycles. The summed E-state index contributed by atoms with van der Waals surface area (Å²) in [4.78, 5) is 16.9. The van der Waals surface area contributed by atoms with Crippen LogP contribution in [0, 0.1) is 9.54 Å². The van der Waals surface area contributed by atoms with Crippen molar-refractivity contribution in [1.82, 2.24) is 38.2 Å². The van der Waals surface area contributed by atoms with E-state index in [9.17, 15) is 0 Å². The molecule has 0 radical (unpaired) electrons. The molecule has 15 heteroatoms. The summed E-state index contributed by atoms with van der Waals surface area (Å²) >= 11 is 19.2. The molecular weight excluding hydrogens is 631 g/mol. The highest BCUT2D eigenvalue weighted by Crippen LogP contribution is 2.72. The maximum absolute atomic E-state index is 6.07. The van der Waals surface area contributed by atoms with Gasteiger partial charge in [0, 0.05) is 49.6 Å². The Bertz CT molecular complexity index is 1750. The first-order valence-electron chi connectivity index (χ1n) is 12.2. The zero-order chi connectivity index (χ0) is 27.6. The first kappa shape index (κ1) is 25.5. The van der Waals surface area contributed by atoms with Crippen LogP contribution in [0.1, 0.15) is 0 Å². The predicted molar refractivity (Wildman–Crippen MR) is 167 cm³/mol. The molecule has 0 amide bonds. The molecule has 200 valence electrons. The fourth-order valence-electron chi connectivity index (χ4n) is 4.67. The number of hydrogen-bond donors (Lipinski definition) is 0. The Labute approximate surface area is 261 Å². The molecule has 9 nitrogen and oxygen atoms in total. The third-order valence-electron chi connectivity index (χ3n) is 6.42. The predicted octanol–water partition coefficient (Wildman–Crippen LogP) is 7.46. The number of pyridine rings is 4. The van der Waals surface area contributed by atoms with Crippen LogP contribution >= 0.6 is 72.2 Å². The molecule has 8 rings (SSSR count). The second kappa shape index (κ2) is 9.97. The highest BCUT2D eigenvalue weighted by Gasteiger charge is 2.57.